The molecule has 6 aliphatic rings. The van der Waals surface area contributed by atoms with Crippen molar-refractivity contribution in [3.05, 3.63) is 64.8 Å². The lowest BCUT2D eigenvalue weighted by atomic mass is 9.52. The maximum absolute atomic E-state index is 14.8. The lowest BCUT2D eigenvalue weighted by Gasteiger charge is -2.61. The summed E-state index contributed by atoms with van der Waals surface area (Å²) in [6, 6.07) is 10.6. The highest BCUT2D eigenvalue weighted by atomic mass is 19.4. The number of benzene rings is 2. The van der Waals surface area contributed by atoms with E-state index in [4.69, 9.17) is 4.98 Å². The van der Waals surface area contributed by atoms with E-state index in [9.17, 15) is 18.0 Å². The Labute approximate surface area is 274 Å². The van der Waals surface area contributed by atoms with E-state index < -0.39 is 17.3 Å². The number of hydrogen-bond donors (Lipinski definition) is 1. The number of amides is 2. The second-order valence-electron chi connectivity index (χ2n) is 14.8. The summed E-state index contributed by atoms with van der Waals surface area (Å²) in [5.41, 5.74) is 2.68. The first-order valence-electron chi connectivity index (χ1n) is 16.9. The number of carbonyl (C=O) groups excluding carboxylic acids is 1. The minimum atomic E-state index is -4.52. The van der Waals surface area contributed by atoms with E-state index in [-0.39, 0.29) is 18.1 Å². The molecule has 2 amide bonds. The van der Waals surface area contributed by atoms with Gasteiger partial charge in [-0.1, -0.05) is 6.07 Å². The number of likely N-dealkylation sites (N-methyl/N-ethyl adjacent to an activating group) is 1. The van der Waals surface area contributed by atoms with Gasteiger partial charge >= 0.3 is 12.2 Å². The molecular weight excluding hydrogens is 603 g/mol. The van der Waals surface area contributed by atoms with Crippen molar-refractivity contribution < 1.29 is 18.0 Å². The number of nitrogens with one attached hydrogen (secondary N) is 1. The Balaban J connectivity index is 1.16. The van der Waals surface area contributed by atoms with Crippen LogP contribution < -0.4 is 20.0 Å². The number of aryl methyl sites for hydroxylation is 1. The van der Waals surface area contributed by atoms with Crippen molar-refractivity contribution in [1.29, 1.82) is 0 Å². The van der Waals surface area contributed by atoms with Gasteiger partial charge in [0.25, 0.3) is 0 Å². The number of rotatable bonds is 5. The number of nitrogens with zero attached hydrogens (tertiary/aromatic N) is 6. The monoisotopic (exact) mass is 645 g/mol. The molecule has 5 fully saturated rings. The fourth-order valence-corrected chi connectivity index (χ4v) is 9.66. The number of urea groups is 1. The molecule has 4 bridgehead atoms. The number of alkyl halides is 3. The normalized spacial score (nSPS) is 27.4. The van der Waals surface area contributed by atoms with E-state index in [1.54, 1.807) is 18.0 Å². The Morgan fingerprint density at radius 3 is 2.15 bits per heavy atom. The van der Waals surface area contributed by atoms with Crippen LogP contribution in [0.25, 0.3) is 0 Å². The average molecular weight is 646 g/mol. The molecule has 1 N–H and O–H groups in total. The molecule has 9 rings (SSSR count). The van der Waals surface area contributed by atoms with E-state index in [1.165, 1.54) is 37.9 Å². The van der Waals surface area contributed by atoms with E-state index in [2.05, 4.69) is 39.3 Å². The zero-order valence-corrected chi connectivity index (χ0v) is 27.3. The van der Waals surface area contributed by atoms with Gasteiger partial charge in [0, 0.05) is 49.3 Å². The quantitative estimate of drug-likeness (QED) is 0.310. The summed E-state index contributed by atoms with van der Waals surface area (Å²) >= 11 is 0. The Morgan fingerprint density at radius 2 is 1.53 bits per heavy atom. The van der Waals surface area contributed by atoms with Gasteiger partial charge < -0.3 is 15.1 Å². The molecule has 248 valence electrons. The molecular formula is C36H42F3N7O. The van der Waals surface area contributed by atoms with Gasteiger partial charge in [0.1, 0.15) is 5.82 Å². The molecule has 3 aromatic rings. The highest BCUT2D eigenvalue weighted by Gasteiger charge is 2.57. The van der Waals surface area contributed by atoms with Crippen molar-refractivity contribution in [3.8, 4) is 0 Å². The summed E-state index contributed by atoms with van der Waals surface area (Å²) in [4.78, 5) is 32.7. The van der Waals surface area contributed by atoms with Crippen LogP contribution in [0.1, 0.15) is 60.8 Å². The van der Waals surface area contributed by atoms with Gasteiger partial charge in [-0.25, -0.2) is 9.78 Å². The molecule has 47 heavy (non-hydrogen) atoms. The third-order valence-electron chi connectivity index (χ3n) is 11.5. The number of aromatic nitrogens is 2. The van der Waals surface area contributed by atoms with Crippen molar-refractivity contribution in [2.24, 2.45) is 17.8 Å². The van der Waals surface area contributed by atoms with Gasteiger partial charge in [-0.2, -0.15) is 18.2 Å². The second kappa shape index (κ2) is 11.1. The average Bonchev–Trinajstić information content (AvgIpc) is 3.01. The van der Waals surface area contributed by atoms with E-state index in [1.807, 2.05) is 17.0 Å². The Morgan fingerprint density at radius 1 is 0.894 bits per heavy atom. The third kappa shape index (κ3) is 5.30. The lowest BCUT2D eigenvalue weighted by Crippen LogP contribution is -2.65. The maximum Gasteiger partial charge on any atom is 0.416 e. The molecule has 8 nitrogen and oxygen atoms in total. The van der Waals surface area contributed by atoms with Crippen molar-refractivity contribution >= 4 is 34.9 Å². The first-order chi connectivity index (χ1) is 22.5. The summed E-state index contributed by atoms with van der Waals surface area (Å²) in [7, 11) is 2.14. The summed E-state index contributed by atoms with van der Waals surface area (Å²) < 4.78 is 42.2. The number of hydrogen-bond acceptors (Lipinski definition) is 6. The summed E-state index contributed by atoms with van der Waals surface area (Å²) in [5.74, 6) is 2.66. The van der Waals surface area contributed by atoms with Gasteiger partial charge in [-0.3, -0.25) is 9.80 Å². The molecule has 3 heterocycles. The fourth-order valence-electron chi connectivity index (χ4n) is 9.66. The zero-order chi connectivity index (χ0) is 32.7. The molecule has 0 atom stereocenters. The van der Waals surface area contributed by atoms with Crippen LogP contribution >= 0.6 is 0 Å². The Bertz CT molecular complexity index is 1660. The maximum atomic E-state index is 14.8. The Kier molecular flexibility index (Phi) is 7.20. The van der Waals surface area contributed by atoms with Crippen LogP contribution in [-0.2, 0) is 12.7 Å². The van der Waals surface area contributed by atoms with Gasteiger partial charge in [0.2, 0.25) is 5.95 Å². The molecule has 2 aromatic carbocycles. The van der Waals surface area contributed by atoms with Crippen LogP contribution in [0.15, 0.2) is 42.6 Å². The Hall–Kier alpha value is -3.86. The topological polar surface area (TPSA) is 67.8 Å². The van der Waals surface area contributed by atoms with Crippen LogP contribution in [0.4, 0.5) is 46.8 Å². The SMILES string of the molecule is Cc1ccc(C(F)(F)F)c(C)c1N1Cc2cnc(Nc3ccc(N4CCN(C)CC4)cc3)nc2N(C23CC4CC(CC(C4)C2)C3)C1=O. The van der Waals surface area contributed by atoms with E-state index in [0.717, 1.165) is 62.8 Å². The van der Waals surface area contributed by atoms with Gasteiger partial charge in [0.05, 0.1) is 23.3 Å². The van der Waals surface area contributed by atoms with Crippen LogP contribution in [0, 0.1) is 31.6 Å². The van der Waals surface area contributed by atoms with Gasteiger partial charge in [-0.05, 0) is 119 Å². The molecule has 0 unspecified atom stereocenters. The predicted molar refractivity (Wildman–Crippen MR) is 177 cm³/mol. The molecule has 1 aromatic heterocycles. The van der Waals surface area contributed by atoms with Crippen LogP contribution in [0.5, 0.6) is 0 Å². The highest BCUT2D eigenvalue weighted by molar-refractivity contribution is 6.07. The first kappa shape index (κ1) is 30.5. The minimum absolute atomic E-state index is 0.0685. The second-order valence-corrected chi connectivity index (χ2v) is 14.8. The third-order valence-corrected chi connectivity index (χ3v) is 11.5. The van der Waals surface area contributed by atoms with Gasteiger partial charge in [0.15, 0.2) is 0 Å². The largest absolute Gasteiger partial charge is 0.416 e. The van der Waals surface area contributed by atoms with E-state index >= 15 is 0 Å². The summed E-state index contributed by atoms with van der Waals surface area (Å²) in [5, 5.41) is 3.36. The predicted octanol–water partition coefficient (Wildman–Crippen LogP) is 7.52. The molecule has 11 heteroatoms. The first-order valence-corrected chi connectivity index (χ1v) is 16.9. The summed E-state index contributed by atoms with van der Waals surface area (Å²) in [6.45, 7) is 7.41. The van der Waals surface area contributed by atoms with Crippen LogP contribution in [0.3, 0.4) is 0 Å². The summed E-state index contributed by atoms with van der Waals surface area (Å²) in [6.07, 6.45) is 3.53. The number of carbonyl (C=O) groups is 1. The van der Waals surface area contributed by atoms with Crippen LogP contribution in [0.2, 0.25) is 0 Å². The van der Waals surface area contributed by atoms with Crippen molar-refractivity contribution in [2.75, 3.05) is 53.2 Å². The molecule has 0 radical (unpaired) electrons. The number of fused-ring (bicyclic) bond motifs is 1. The molecule has 4 saturated carbocycles. The van der Waals surface area contributed by atoms with Crippen molar-refractivity contribution in [1.82, 2.24) is 14.9 Å². The zero-order valence-electron chi connectivity index (χ0n) is 27.3. The smallest absolute Gasteiger partial charge is 0.369 e. The highest BCUT2D eigenvalue weighted by Crippen LogP contribution is 2.59. The standard InChI is InChI=1S/C36H42F3N7O/c1-22-4-9-30(36(37,38)39)23(2)31(22)45-21-27-20-40-33(41-28-5-7-29(8-6-28)44-12-10-43(3)11-13-44)42-32(27)46(34(45)47)35-17-24-14-25(18-35)16-26(15-24)19-35/h4-9,20,24-26H,10-19,21H2,1-3H3,(H,40,41,42). The molecule has 4 aliphatic carbocycles. The van der Waals surface area contributed by atoms with Crippen molar-refractivity contribution in [3.63, 3.8) is 0 Å². The van der Waals surface area contributed by atoms with E-state index in [0.29, 0.717) is 40.8 Å². The van der Waals surface area contributed by atoms with Crippen LogP contribution in [-0.4, -0.2) is 59.7 Å². The minimum Gasteiger partial charge on any atom is -0.369 e. The van der Waals surface area contributed by atoms with Gasteiger partial charge in [-0.15, -0.1) is 0 Å². The number of anilines is 5. The lowest BCUT2D eigenvalue weighted by molar-refractivity contribution is -0.138. The number of halogens is 3. The van der Waals surface area contributed by atoms with Crippen molar-refractivity contribution in [2.45, 2.75) is 70.6 Å². The number of piperazine rings is 1. The molecule has 2 aliphatic heterocycles. The fraction of sp³-hybridized carbons (Fsp3) is 0.528. The molecule has 1 saturated heterocycles. The molecule has 0 spiro atoms.